The summed E-state index contributed by atoms with van der Waals surface area (Å²) in [4.78, 5) is 13.1. The molecule has 2 aromatic carbocycles. The van der Waals surface area contributed by atoms with Gasteiger partial charge in [-0.25, -0.2) is 4.39 Å². The molecule has 1 aliphatic heterocycles. The van der Waals surface area contributed by atoms with Crippen molar-refractivity contribution in [2.75, 3.05) is 17.3 Å². The maximum Gasteiger partial charge on any atom is 0.257 e. The summed E-state index contributed by atoms with van der Waals surface area (Å²) in [6.45, 7) is 0. The summed E-state index contributed by atoms with van der Waals surface area (Å²) in [5, 5.41) is 12.6. The highest BCUT2D eigenvalue weighted by Crippen LogP contribution is 2.40. The minimum Gasteiger partial charge on any atom is -0.378 e. The van der Waals surface area contributed by atoms with Crippen LogP contribution >= 0.6 is 11.6 Å². The van der Waals surface area contributed by atoms with Crippen molar-refractivity contribution in [1.82, 2.24) is 0 Å². The Morgan fingerprint density at radius 3 is 2.71 bits per heavy atom. The van der Waals surface area contributed by atoms with E-state index in [0.717, 1.165) is 0 Å². The average Bonchev–Trinajstić information content (AvgIpc) is 2.73. The van der Waals surface area contributed by atoms with E-state index in [9.17, 15) is 14.3 Å². The van der Waals surface area contributed by atoms with Crippen LogP contribution in [0.25, 0.3) is 0 Å². The van der Waals surface area contributed by atoms with Gasteiger partial charge in [-0.05, 0) is 24.3 Å². The maximum absolute atomic E-state index is 13.9. The highest BCUT2D eigenvalue weighted by atomic mass is 35.5. The first-order valence-corrected chi connectivity index (χ1v) is 6.67. The maximum atomic E-state index is 13.9. The van der Waals surface area contributed by atoms with Gasteiger partial charge in [-0.1, -0.05) is 23.7 Å². The van der Waals surface area contributed by atoms with Crippen LogP contribution < -0.4 is 10.2 Å². The highest BCUT2D eigenvalue weighted by molar-refractivity contribution is 6.34. The quantitative estimate of drug-likeness (QED) is 0.895. The number of para-hydroxylation sites is 1. The number of anilines is 3. The summed E-state index contributed by atoms with van der Waals surface area (Å²) in [6, 6.07) is 9.46. The molecule has 1 heterocycles. The summed E-state index contributed by atoms with van der Waals surface area (Å²) < 4.78 is 13.9. The molecule has 0 aliphatic carbocycles. The summed E-state index contributed by atoms with van der Waals surface area (Å²) in [7, 11) is 1.68. The molecule has 0 fully saturated rings. The molecule has 0 saturated heterocycles. The SMILES string of the molecule is CN(c1ccccc1F)c1cc2c(cc1Cl)C(O)C(=O)N2. The molecule has 0 bridgehead atoms. The lowest BCUT2D eigenvalue weighted by Crippen LogP contribution is -2.12. The van der Waals surface area contributed by atoms with Crippen molar-refractivity contribution in [3.8, 4) is 0 Å². The smallest absolute Gasteiger partial charge is 0.257 e. The zero-order chi connectivity index (χ0) is 15.1. The van der Waals surface area contributed by atoms with E-state index in [1.54, 1.807) is 36.2 Å². The van der Waals surface area contributed by atoms with Crippen molar-refractivity contribution in [2.45, 2.75) is 6.10 Å². The molecular formula is C15H12ClFN2O2. The van der Waals surface area contributed by atoms with Gasteiger partial charge in [0.1, 0.15) is 5.82 Å². The van der Waals surface area contributed by atoms with Crippen molar-refractivity contribution >= 4 is 34.6 Å². The highest BCUT2D eigenvalue weighted by Gasteiger charge is 2.30. The van der Waals surface area contributed by atoms with Crippen molar-refractivity contribution in [2.24, 2.45) is 0 Å². The number of nitrogens with one attached hydrogen (secondary N) is 1. The zero-order valence-corrected chi connectivity index (χ0v) is 11.9. The third-order valence-electron chi connectivity index (χ3n) is 3.49. The molecule has 21 heavy (non-hydrogen) atoms. The number of fused-ring (bicyclic) bond motifs is 1. The van der Waals surface area contributed by atoms with Crippen molar-refractivity contribution in [3.05, 3.63) is 52.8 Å². The number of carbonyl (C=O) groups is 1. The van der Waals surface area contributed by atoms with E-state index in [0.29, 0.717) is 27.6 Å². The van der Waals surface area contributed by atoms with E-state index in [-0.39, 0.29) is 5.82 Å². The molecular weight excluding hydrogens is 295 g/mol. The number of aliphatic hydroxyl groups excluding tert-OH is 1. The Hall–Kier alpha value is -2.11. The summed E-state index contributed by atoms with van der Waals surface area (Å²) in [5.74, 6) is -0.868. The van der Waals surface area contributed by atoms with Gasteiger partial charge in [0.25, 0.3) is 5.91 Å². The minimum absolute atomic E-state index is 0.329. The Balaban J connectivity index is 2.07. The van der Waals surface area contributed by atoms with E-state index in [2.05, 4.69) is 5.32 Å². The molecule has 2 N–H and O–H groups in total. The molecule has 6 heteroatoms. The Morgan fingerprint density at radius 2 is 2.00 bits per heavy atom. The predicted octanol–water partition coefficient (Wildman–Crippen LogP) is 3.23. The van der Waals surface area contributed by atoms with E-state index in [1.165, 1.54) is 12.1 Å². The average molecular weight is 307 g/mol. The van der Waals surface area contributed by atoms with Crippen molar-refractivity contribution in [3.63, 3.8) is 0 Å². The van der Waals surface area contributed by atoms with Crippen molar-refractivity contribution < 1.29 is 14.3 Å². The van der Waals surface area contributed by atoms with Gasteiger partial charge in [-0.2, -0.15) is 0 Å². The zero-order valence-electron chi connectivity index (χ0n) is 11.1. The van der Waals surface area contributed by atoms with Gasteiger partial charge in [0.2, 0.25) is 0 Å². The Labute approximate surface area is 125 Å². The van der Waals surface area contributed by atoms with E-state index >= 15 is 0 Å². The van der Waals surface area contributed by atoms with Crippen LogP contribution in [0.4, 0.5) is 21.5 Å². The first kappa shape index (κ1) is 13.9. The van der Waals surface area contributed by atoms with Crippen LogP contribution in [0.1, 0.15) is 11.7 Å². The number of hydrogen-bond acceptors (Lipinski definition) is 3. The van der Waals surface area contributed by atoms with E-state index in [1.807, 2.05) is 0 Å². The lowest BCUT2D eigenvalue weighted by atomic mass is 10.1. The molecule has 0 saturated carbocycles. The fourth-order valence-electron chi connectivity index (χ4n) is 2.36. The topological polar surface area (TPSA) is 52.6 Å². The number of halogens is 2. The third kappa shape index (κ3) is 2.24. The normalized spacial score (nSPS) is 16.6. The third-order valence-corrected chi connectivity index (χ3v) is 3.80. The number of nitrogens with zero attached hydrogens (tertiary/aromatic N) is 1. The summed E-state index contributed by atoms with van der Waals surface area (Å²) >= 11 is 6.20. The molecule has 2 aromatic rings. The predicted molar refractivity (Wildman–Crippen MR) is 79.5 cm³/mol. The molecule has 1 aliphatic rings. The minimum atomic E-state index is -1.22. The number of hydrogen-bond donors (Lipinski definition) is 2. The van der Waals surface area contributed by atoms with Gasteiger partial charge in [0, 0.05) is 18.3 Å². The second kappa shape index (κ2) is 5.02. The second-order valence-electron chi connectivity index (χ2n) is 4.79. The first-order valence-electron chi connectivity index (χ1n) is 6.29. The lowest BCUT2D eigenvalue weighted by Gasteiger charge is -2.22. The van der Waals surface area contributed by atoms with Gasteiger partial charge >= 0.3 is 0 Å². The van der Waals surface area contributed by atoms with Crippen LogP contribution in [-0.4, -0.2) is 18.1 Å². The Kier molecular flexibility index (Phi) is 3.31. The monoisotopic (exact) mass is 306 g/mol. The van der Waals surface area contributed by atoms with Gasteiger partial charge in [0.15, 0.2) is 6.10 Å². The largest absolute Gasteiger partial charge is 0.378 e. The van der Waals surface area contributed by atoms with Crippen LogP contribution in [0.15, 0.2) is 36.4 Å². The van der Waals surface area contributed by atoms with Gasteiger partial charge < -0.3 is 15.3 Å². The number of amides is 1. The van der Waals surface area contributed by atoms with Crippen molar-refractivity contribution in [1.29, 1.82) is 0 Å². The van der Waals surface area contributed by atoms with Gasteiger partial charge in [0.05, 0.1) is 16.4 Å². The molecule has 4 nitrogen and oxygen atoms in total. The number of aliphatic hydroxyl groups is 1. The number of rotatable bonds is 2. The van der Waals surface area contributed by atoms with E-state index < -0.39 is 12.0 Å². The van der Waals surface area contributed by atoms with Gasteiger partial charge in [-0.15, -0.1) is 0 Å². The molecule has 0 aromatic heterocycles. The van der Waals surface area contributed by atoms with Gasteiger partial charge in [-0.3, -0.25) is 4.79 Å². The molecule has 3 rings (SSSR count). The lowest BCUT2D eigenvalue weighted by molar-refractivity contribution is -0.123. The second-order valence-corrected chi connectivity index (χ2v) is 5.20. The van der Waals surface area contributed by atoms with Crippen LogP contribution in [-0.2, 0) is 4.79 Å². The van der Waals surface area contributed by atoms with Crippen LogP contribution in [0.3, 0.4) is 0 Å². The van der Waals surface area contributed by atoms with Crippen LogP contribution in [0, 0.1) is 5.82 Å². The first-order chi connectivity index (χ1) is 9.99. The number of benzene rings is 2. The Bertz CT molecular complexity index is 736. The summed E-state index contributed by atoms with van der Waals surface area (Å²) in [6.07, 6.45) is -1.22. The standard InChI is InChI=1S/C15H12ClFN2O2/c1-19(12-5-3-2-4-10(12)17)13-7-11-8(6-9(13)16)14(20)15(21)18-11/h2-7,14,20H,1H3,(H,18,21). The molecule has 1 unspecified atom stereocenters. The molecule has 1 amide bonds. The molecule has 108 valence electrons. The van der Waals surface area contributed by atoms with E-state index in [4.69, 9.17) is 11.6 Å². The van der Waals surface area contributed by atoms with Crippen LogP contribution in [0.2, 0.25) is 5.02 Å². The molecule has 0 radical (unpaired) electrons. The van der Waals surface area contributed by atoms with Crippen LogP contribution in [0.5, 0.6) is 0 Å². The fraction of sp³-hybridized carbons (Fsp3) is 0.133. The molecule has 1 atom stereocenters. The fourth-order valence-corrected chi connectivity index (χ4v) is 2.66. The Morgan fingerprint density at radius 1 is 1.29 bits per heavy atom. The summed E-state index contributed by atoms with van der Waals surface area (Å²) in [5.41, 5.74) is 1.81. The molecule has 0 spiro atoms. The number of carbonyl (C=O) groups excluding carboxylic acids is 1.